The molecule has 0 spiro atoms. The topological polar surface area (TPSA) is 74.6 Å². The summed E-state index contributed by atoms with van der Waals surface area (Å²) in [6, 6.07) is 17.4. The number of likely N-dealkylation sites (N-methyl/N-ethyl adjacent to an activating group) is 1. The predicted molar refractivity (Wildman–Crippen MR) is 129 cm³/mol. The van der Waals surface area contributed by atoms with Gasteiger partial charge in [0.15, 0.2) is 0 Å². The van der Waals surface area contributed by atoms with Crippen molar-refractivity contribution in [2.24, 2.45) is 0 Å². The molecule has 0 bridgehead atoms. The summed E-state index contributed by atoms with van der Waals surface area (Å²) in [5.41, 5.74) is 3.37. The highest BCUT2D eigenvalue weighted by Crippen LogP contribution is 2.42. The molecule has 33 heavy (non-hydrogen) atoms. The number of halogens is 2. The van der Waals surface area contributed by atoms with Crippen molar-refractivity contribution in [2.45, 2.75) is 26.3 Å². The van der Waals surface area contributed by atoms with E-state index >= 15 is 0 Å². The van der Waals surface area contributed by atoms with Crippen molar-refractivity contribution in [3.05, 3.63) is 92.4 Å². The molecule has 172 valence electrons. The highest BCUT2D eigenvalue weighted by Gasteiger charge is 2.34. The first-order valence-corrected chi connectivity index (χ1v) is 11.2. The molecule has 0 radical (unpaired) electrons. The average Bonchev–Trinajstić information content (AvgIpc) is 2.78. The molecule has 0 fully saturated rings. The SMILES string of the molecule is CC1=C(C#N)C(c2cccc(Cl)c2Cl)C(OC(=O)OCCN(C)Cc2ccccc2)=C(C)N1. The van der Waals surface area contributed by atoms with E-state index in [1.54, 1.807) is 32.0 Å². The molecular formula is C25H25Cl2N3O3. The van der Waals surface area contributed by atoms with Crippen LogP contribution in [-0.2, 0) is 16.0 Å². The van der Waals surface area contributed by atoms with Crippen molar-refractivity contribution >= 4 is 29.4 Å². The van der Waals surface area contributed by atoms with E-state index in [1.165, 1.54) is 5.56 Å². The molecule has 1 N–H and O–H groups in total. The van der Waals surface area contributed by atoms with Crippen LogP contribution < -0.4 is 5.32 Å². The minimum Gasteiger partial charge on any atom is -0.433 e. The second kappa shape index (κ2) is 11.2. The first-order valence-electron chi connectivity index (χ1n) is 10.4. The number of hydrogen-bond donors (Lipinski definition) is 1. The summed E-state index contributed by atoms with van der Waals surface area (Å²) in [6.45, 7) is 4.97. The zero-order valence-corrected chi connectivity index (χ0v) is 20.2. The van der Waals surface area contributed by atoms with Crippen LogP contribution in [0.15, 0.2) is 71.3 Å². The maximum atomic E-state index is 12.5. The van der Waals surface area contributed by atoms with Crippen LogP contribution in [-0.4, -0.2) is 31.3 Å². The van der Waals surface area contributed by atoms with Gasteiger partial charge in [-0.1, -0.05) is 65.7 Å². The van der Waals surface area contributed by atoms with Crippen molar-refractivity contribution < 1.29 is 14.3 Å². The smallest absolute Gasteiger partial charge is 0.433 e. The van der Waals surface area contributed by atoms with Gasteiger partial charge in [-0.15, -0.1) is 0 Å². The van der Waals surface area contributed by atoms with Crippen LogP contribution in [0.3, 0.4) is 0 Å². The summed E-state index contributed by atoms with van der Waals surface area (Å²) in [6.07, 6.45) is -0.848. The number of nitriles is 1. The van der Waals surface area contributed by atoms with Crippen LogP contribution in [0.5, 0.6) is 0 Å². The molecule has 1 aliphatic rings. The molecule has 0 amide bonds. The highest BCUT2D eigenvalue weighted by molar-refractivity contribution is 6.42. The second-order valence-electron chi connectivity index (χ2n) is 7.76. The standard InChI is InChI=1S/C25H25Cl2N3O3/c1-16-20(14-28)22(19-10-7-11-21(26)23(19)27)24(17(2)29-16)33-25(31)32-13-12-30(3)15-18-8-5-4-6-9-18/h4-11,22,29H,12-13,15H2,1-3H3. The number of nitrogens with zero attached hydrogens (tertiary/aromatic N) is 2. The van der Waals surface area contributed by atoms with Crippen molar-refractivity contribution in [2.75, 3.05) is 20.2 Å². The van der Waals surface area contributed by atoms with Crippen LogP contribution in [0.4, 0.5) is 4.79 Å². The van der Waals surface area contributed by atoms with E-state index < -0.39 is 12.1 Å². The van der Waals surface area contributed by atoms with Gasteiger partial charge in [0.2, 0.25) is 0 Å². The lowest BCUT2D eigenvalue weighted by Gasteiger charge is -2.29. The summed E-state index contributed by atoms with van der Waals surface area (Å²) in [5.74, 6) is -0.431. The Hall–Kier alpha value is -2.98. The van der Waals surface area contributed by atoms with E-state index in [0.29, 0.717) is 39.1 Å². The molecule has 1 aliphatic heterocycles. The summed E-state index contributed by atoms with van der Waals surface area (Å²) < 4.78 is 10.9. The first kappa shape index (κ1) is 24.7. The fourth-order valence-corrected chi connectivity index (χ4v) is 4.09. The Bertz CT molecular complexity index is 1120. The lowest BCUT2D eigenvalue weighted by Crippen LogP contribution is -2.28. The van der Waals surface area contributed by atoms with E-state index in [4.69, 9.17) is 32.7 Å². The van der Waals surface area contributed by atoms with E-state index in [1.807, 2.05) is 42.3 Å². The van der Waals surface area contributed by atoms with Crippen LogP contribution in [0, 0.1) is 11.3 Å². The van der Waals surface area contributed by atoms with E-state index in [0.717, 1.165) is 6.54 Å². The molecular weight excluding hydrogens is 461 g/mol. The molecule has 0 saturated heterocycles. The Morgan fingerprint density at radius 3 is 2.55 bits per heavy atom. The van der Waals surface area contributed by atoms with Gasteiger partial charge in [-0.3, -0.25) is 4.90 Å². The van der Waals surface area contributed by atoms with E-state index in [9.17, 15) is 10.1 Å². The van der Waals surface area contributed by atoms with Crippen molar-refractivity contribution in [3.63, 3.8) is 0 Å². The Labute approximate surface area is 204 Å². The van der Waals surface area contributed by atoms with E-state index in [2.05, 4.69) is 11.4 Å². The van der Waals surface area contributed by atoms with Gasteiger partial charge < -0.3 is 14.8 Å². The minimum atomic E-state index is -0.848. The number of rotatable bonds is 7. The third-order valence-electron chi connectivity index (χ3n) is 5.29. The third kappa shape index (κ3) is 6.08. The Morgan fingerprint density at radius 1 is 1.12 bits per heavy atom. The fraction of sp³-hybridized carbons (Fsp3) is 0.280. The monoisotopic (exact) mass is 485 g/mol. The summed E-state index contributed by atoms with van der Waals surface area (Å²) in [7, 11) is 1.95. The molecule has 3 rings (SSSR count). The molecule has 1 heterocycles. The summed E-state index contributed by atoms with van der Waals surface area (Å²) in [4.78, 5) is 14.6. The Morgan fingerprint density at radius 2 is 1.85 bits per heavy atom. The molecule has 0 saturated carbocycles. The van der Waals surface area contributed by atoms with Crippen molar-refractivity contribution in [3.8, 4) is 6.07 Å². The average molecular weight is 486 g/mol. The number of hydrogen-bond acceptors (Lipinski definition) is 6. The molecule has 1 unspecified atom stereocenters. The molecule has 2 aromatic rings. The van der Waals surface area contributed by atoms with Crippen LogP contribution in [0.2, 0.25) is 10.0 Å². The van der Waals surface area contributed by atoms with E-state index in [-0.39, 0.29) is 12.4 Å². The summed E-state index contributed by atoms with van der Waals surface area (Å²) >= 11 is 12.7. The fourth-order valence-electron chi connectivity index (χ4n) is 3.68. The number of benzene rings is 2. The second-order valence-corrected chi connectivity index (χ2v) is 8.55. The number of dihydropyridines is 1. The van der Waals surface area contributed by atoms with Gasteiger partial charge in [-0.05, 0) is 38.1 Å². The van der Waals surface area contributed by atoms with Gasteiger partial charge >= 0.3 is 6.16 Å². The molecule has 0 aromatic heterocycles. The molecule has 2 aromatic carbocycles. The van der Waals surface area contributed by atoms with Gasteiger partial charge in [-0.25, -0.2) is 4.79 Å². The Kier molecular flexibility index (Phi) is 8.40. The predicted octanol–water partition coefficient (Wildman–Crippen LogP) is 5.99. The van der Waals surface area contributed by atoms with Crippen LogP contribution in [0.25, 0.3) is 0 Å². The van der Waals surface area contributed by atoms with Crippen LogP contribution in [0.1, 0.15) is 30.9 Å². The zero-order valence-electron chi connectivity index (χ0n) is 18.7. The van der Waals surface area contributed by atoms with Crippen molar-refractivity contribution in [1.29, 1.82) is 5.26 Å². The van der Waals surface area contributed by atoms with Gasteiger partial charge in [0.1, 0.15) is 12.4 Å². The molecule has 0 aliphatic carbocycles. The molecule has 1 atom stereocenters. The van der Waals surface area contributed by atoms with Gasteiger partial charge in [0, 0.05) is 18.8 Å². The van der Waals surface area contributed by atoms with Crippen LogP contribution >= 0.6 is 23.2 Å². The first-order chi connectivity index (χ1) is 15.8. The number of ether oxygens (including phenoxy) is 2. The largest absolute Gasteiger partial charge is 0.513 e. The zero-order chi connectivity index (χ0) is 24.0. The van der Waals surface area contributed by atoms with Gasteiger partial charge in [0.05, 0.1) is 33.3 Å². The number of carbonyl (C=O) groups excluding carboxylic acids is 1. The van der Waals surface area contributed by atoms with Gasteiger partial charge in [0.25, 0.3) is 0 Å². The maximum Gasteiger partial charge on any atom is 0.513 e. The maximum absolute atomic E-state index is 12.5. The highest BCUT2D eigenvalue weighted by atomic mass is 35.5. The van der Waals surface area contributed by atoms with Crippen molar-refractivity contribution in [1.82, 2.24) is 10.2 Å². The number of allylic oxidation sites excluding steroid dienone is 3. The lowest BCUT2D eigenvalue weighted by molar-refractivity contribution is 0.0657. The normalized spacial score (nSPS) is 15.8. The molecule has 6 nitrogen and oxygen atoms in total. The third-order valence-corrected chi connectivity index (χ3v) is 6.13. The lowest BCUT2D eigenvalue weighted by atomic mass is 9.86. The quantitative estimate of drug-likeness (QED) is 0.485. The summed E-state index contributed by atoms with van der Waals surface area (Å²) in [5, 5.41) is 13.5. The minimum absolute atomic E-state index is 0.157. The molecule has 8 heteroatoms. The number of carbonyl (C=O) groups is 1. The Balaban J connectivity index is 1.69. The van der Waals surface area contributed by atoms with Gasteiger partial charge in [-0.2, -0.15) is 5.26 Å². The number of nitrogens with one attached hydrogen (secondary N) is 1.